The van der Waals surface area contributed by atoms with E-state index in [1.54, 1.807) is 13.8 Å². The van der Waals surface area contributed by atoms with Crippen molar-refractivity contribution in [3.05, 3.63) is 6.33 Å². The Labute approximate surface area is 183 Å². The number of carbonyl (C=O) groups excluding carboxylic acids is 1. The van der Waals surface area contributed by atoms with Crippen molar-refractivity contribution in [2.24, 2.45) is 0 Å². The Hall–Kier alpha value is -2.38. The Bertz CT molecular complexity index is 1020. The fourth-order valence-electron chi connectivity index (χ4n) is 3.25. The van der Waals surface area contributed by atoms with E-state index < -0.39 is 50.9 Å². The first-order valence-corrected chi connectivity index (χ1v) is 11.1. The standard InChI is InChI=1S/C17H27FN7O6P/c1-7(2)30-14(27)8(3)24-32(28)29-5-9-11(26)17(4,18)15(31-9)25-6-21-10-12(19)22-16(20)23-13(10)25/h6-9,11,15,26,32H,5H2,1-4H3,(H,24,28)(H4,19,20,22,23)/t8-,9?,11+,15+,17+/m0/s1. The summed E-state index contributed by atoms with van der Waals surface area (Å²) in [5.74, 6) is -0.714. The number of rotatable bonds is 8. The van der Waals surface area contributed by atoms with Crippen LogP contribution in [0.1, 0.15) is 33.9 Å². The second-order valence-corrected chi connectivity index (χ2v) is 9.02. The summed E-state index contributed by atoms with van der Waals surface area (Å²) in [6.07, 6.45) is -3.22. The second kappa shape index (κ2) is 9.24. The summed E-state index contributed by atoms with van der Waals surface area (Å²) in [5.41, 5.74) is 9.45. The van der Waals surface area contributed by atoms with Gasteiger partial charge in [-0.05, 0) is 27.7 Å². The number of aromatic nitrogens is 4. The number of alkyl halides is 1. The van der Waals surface area contributed by atoms with E-state index in [0.29, 0.717) is 0 Å². The highest BCUT2D eigenvalue weighted by molar-refractivity contribution is 7.36. The molecule has 1 aliphatic rings. The molecule has 0 bridgehead atoms. The number of anilines is 2. The quantitative estimate of drug-likeness (QED) is 0.302. The summed E-state index contributed by atoms with van der Waals surface area (Å²) in [6, 6.07) is -0.884. The molecule has 0 spiro atoms. The average Bonchev–Trinajstić information content (AvgIpc) is 3.19. The number of carbonyl (C=O) groups is 1. The van der Waals surface area contributed by atoms with Crippen molar-refractivity contribution in [1.29, 1.82) is 0 Å². The minimum Gasteiger partial charge on any atom is -0.462 e. The lowest BCUT2D eigenvalue weighted by molar-refractivity contribution is -0.149. The van der Waals surface area contributed by atoms with Crippen LogP contribution in [0.5, 0.6) is 0 Å². The molecule has 3 heterocycles. The minimum atomic E-state index is -2.92. The molecule has 0 radical (unpaired) electrons. The molecular formula is C17H27FN7O6P. The van der Waals surface area contributed by atoms with E-state index in [2.05, 4.69) is 20.0 Å². The molecule has 32 heavy (non-hydrogen) atoms. The number of nitrogen functional groups attached to an aromatic ring is 2. The molecule has 1 fully saturated rings. The van der Waals surface area contributed by atoms with E-state index >= 15 is 4.39 Å². The zero-order valence-corrected chi connectivity index (χ0v) is 19.0. The fourth-order valence-corrected chi connectivity index (χ4v) is 4.12. The predicted molar refractivity (Wildman–Crippen MR) is 112 cm³/mol. The summed E-state index contributed by atoms with van der Waals surface area (Å²) in [5, 5.41) is 12.9. The molecule has 2 aromatic rings. The number of fused-ring (bicyclic) bond motifs is 1. The second-order valence-electron chi connectivity index (χ2n) is 7.86. The number of imidazole rings is 1. The van der Waals surface area contributed by atoms with Crippen molar-refractivity contribution in [2.45, 2.75) is 63.9 Å². The van der Waals surface area contributed by atoms with Gasteiger partial charge >= 0.3 is 5.97 Å². The topological polar surface area (TPSA) is 190 Å². The summed E-state index contributed by atoms with van der Waals surface area (Å²) in [4.78, 5) is 23.7. The Balaban J connectivity index is 1.68. The van der Waals surface area contributed by atoms with Crippen molar-refractivity contribution >= 4 is 37.1 Å². The fraction of sp³-hybridized carbons (Fsp3) is 0.647. The maximum Gasteiger partial charge on any atom is 0.323 e. The monoisotopic (exact) mass is 475 g/mol. The van der Waals surface area contributed by atoms with Crippen molar-refractivity contribution in [2.75, 3.05) is 18.1 Å². The van der Waals surface area contributed by atoms with E-state index in [-0.39, 0.29) is 29.0 Å². The van der Waals surface area contributed by atoms with Gasteiger partial charge < -0.3 is 30.6 Å². The van der Waals surface area contributed by atoms with Crippen LogP contribution in [0.2, 0.25) is 0 Å². The van der Waals surface area contributed by atoms with Crippen LogP contribution in [0, 0.1) is 0 Å². The van der Waals surface area contributed by atoms with Crippen molar-refractivity contribution in [1.82, 2.24) is 24.6 Å². The minimum absolute atomic E-state index is 0.0139. The highest BCUT2D eigenvalue weighted by Gasteiger charge is 2.55. The van der Waals surface area contributed by atoms with Crippen LogP contribution < -0.4 is 16.6 Å². The number of esters is 1. The molecule has 0 saturated carbocycles. The number of aliphatic hydroxyl groups is 1. The number of halogens is 1. The first kappa shape index (κ1) is 24.3. The van der Waals surface area contributed by atoms with Gasteiger partial charge in [-0.1, -0.05) is 0 Å². The van der Waals surface area contributed by atoms with Crippen LogP contribution in [0.25, 0.3) is 11.2 Å². The molecule has 1 saturated heterocycles. The third kappa shape index (κ3) is 4.84. The number of hydrogen-bond donors (Lipinski definition) is 4. The summed E-state index contributed by atoms with van der Waals surface area (Å²) in [6.45, 7) is 5.58. The van der Waals surface area contributed by atoms with E-state index in [4.69, 9.17) is 25.5 Å². The maximum atomic E-state index is 15.4. The molecule has 2 unspecified atom stereocenters. The molecule has 1 aliphatic heterocycles. The van der Waals surface area contributed by atoms with Gasteiger partial charge in [0, 0.05) is 0 Å². The van der Waals surface area contributed by atoms with Gasteiger partial charge in [0.25, 0.3) is 8.18 Å². The number of nitrogens with one attached hydrogen (secondary N) is 1. The van der Waals surface area contributed by atoms with Gasteiger partial charge in [-0.2, -0.15) is 9.97 Å². The van der Waals surface area contributed by atoms with Gasteiger partial charge in [0.2, 0.25) is 5.95 Å². The van der Waals surface area contributed by atoms with Crippen molar-refractivity contribution in [3.8, 4) is 0 Å². The third-order valence-corrected chi connectivity index (χ3v) is 5.95. The number of ether oxygens (including phenoxy) is 2. The zero-order valence-electron chi connectivity index (χ0n) is 18.0. The Morgan fingerprint density at radius 2 is 2.12 bits per heavy atom. The van der Waals surface area contributed by atoms with Crippen LogP contribution in [-0.4, -0.2) is 67.2 Å². The first-order chi connectivity index (χ1) is 14.9. The molecule has 0 amide bonds. The number of aliphatic hydroxyl groups excluding tert-OH is 1. The number of nitrogens with two attached hydrogens (primary N) is 2. The molecular weight excluding hydrogens is 448 g/mol. The largest absolute Gasteiger partial charge is 0.462 e. The SMILES string of the molecule is CC(C)OC(=O)[C@H](C)N[PH](=O)OCC1O[C@@H](n2cnc3c(N)nc(N)nc32)[C@](C)(F)[C@@H]1O. The van der Waals surface area contributed by atoms with Gasteiger partial charge in [-0.3, -0.25) is 13.9 Å². The smallest absolute Gasteiger partial charge is 0.323 e. The summed E-state index contributed by atoms with van der Waals surface area (Å²) < 4.78 is 44.7. The van der Waals surface area contributed by atoms with E-state index in [1.807, 2.05) is 0 Å². The lowest BCUT2D eigenvalue weighted by Gasteiger charge is -2.24. The highest BCUT2D eigenvalue weighted by atomic mass is 31.1. The normalized spacial score (nSPS) is 27.7. The van der Waals surface area contributed by atoms with Gasteiger partial charge in [-0.25, -0.2) is 14.5 Å². The molecule has 2 aromatic heterocycles. The summed E-state index contributed by atoms with van der Waals surface area (Å²) in [7, 11) is -2.92. The molecule has 13 nitrogen and oxygen atoms in total. The average molecular weight is 475 g/mol. The molecule has 6 atom stereocenters. The molecule has 6 N–H and O–H groups in total. The van der Waals surface area contributed by atoms with Crippen LogP contribution in [0.3, 0.4) is 0 Å². The zero-order chi connectivity index (χ0) is 23.8. The molecule has 0 aliphatic carbocycles. The van der Waals surface area contributed by atoms with Crippen LogP contribution in [0.4, 0.5) is 16.2 Å². The van der Waals surface area contributed by atoms with E-state index in [1.165, 1.54) is 17.8 Å². The van der Waals surface area contributed by atoms with Crippen LogP contribution >= 0.6 is 8.18 Å². The molecule has 15 heteroatoms. The first-order valence-electron chi connectivity index (χ1n) is 9.83. The predicted octanol–water partition coefficient (Wildman–Crippen LogP) is 0.313. The number of hydrogen-bond acceptors (Lipinski definition) is 11. The van der Waals surface area contributed by atoms with Crippen molar-refractivity contribution in [3.63, 3.8) is 0 Å². The molecule has 0 aromatic carbocycles. The lowest BCUT2D eigenvalue weighted by Crippen LogP contribution is -2.40. The van der Waals surface area contributed by atoms with Crippen molar-refractivity contribution < 1.29 is 32.9 Å². The number of nitrogens with zero attached hydrogens (tertiary/aromatic N) is 4. The van der Waals surface area contributed by atoms with Crippen LogP contribution in [-0.2, 0) is 23.4 Å². The lowest BCUT2D eigenvalue weighted by atomic mass is 9.98. The van der Waals surface area contributed by atoms with E-state index in [9.17, 15) is 14.5 Å². The van der Waals surface area contributed by atoms with Gasteiger partial charge in [-0.15, -0.1) is 0 Å². The Morgan fingerprint density at radius 1 is 1.44 bits per heavy atom. The highest BCUT2D eigenvalue weighted by Crippen LogP contribution is 2.43. The van der Waals surface area contributed by atoms with Gasteiger partial charge in [0.05, 0.1) is 19.0 Å². The van der Waals surface area contributed by atoms with Gasteiger partial charge in [0.15, 0.2) is 23.4 Å². The molecule has 3 rings (SSSR count). The van der Waals surface area contributed by atoms with Gasteiger partial charge in [0.1, 0.15) is 23.8 Å². The maximum absolute atomic E-state index is 15.4. The summed E-state index contributed by atoms with van der Waals surface area (Å²) >= 11 is 0. The van der Waals surface area contributed by atoms with E-state index in [0.717, 1.165) is 6.92 Å². The third-order valence-electron chi connectivity index (χ3n) is 4.85. The molecule has 178 valence electrons. The van der Waals surface area contributed by atoms with Crippen LogP contribution in [0.15, 0.2) is 6.33 Å². The Kier molecular flexibility index (Phi) is 7.00. The Morgan fingerprint density at radius 3 is 2.78 bits per heavy atom.